The number of amides is 1. The lowest BCUT2D eigenvalue weighted by molar-refractivity contribution is -0.119. The van der Waals surface area contributed by atoms with Crippen LogP contribution in [0.25, 0.3) is 0 Å². The van der Waals surface area contributed by atoms with Crippen LogP contribution in [0.15, 0.2) is 24.3 Å². The van der Waals surface area contributed by atoms with Crippen LogP contribution >= 0.6 is 0 Å². The smallest absolute Gasteiger partial charge is 0.232 e. The molecular formula is C15H22N2O3S. The number of carbonyl (C=O) groups is 1. The Morgan fingerprint density at radius 1 is 1.19 bits per heavy atom. The van der Waals surface area contributed by atoms with Crippen LogP contribution in [0.1, 0.15) is 39.0 Å². The van der Waals surface area contributed by atoms with Crippen molar-refractivity contribution in [3.8, 4) is 0 Å². The van der Waals surface area contributed by atoms with E-state index in [4.69, 9.17) is 0 Å². The van der Waals surface area contributed by atoms with Gasteiger partial charge in [0, 0.05) is 24.3 Å². The molecule has 1 heterocycles. The number of nitrogens with zero attached hydrogens (tertiary/aromatic N) is 1. The van der Waals surface area contributed by atoms with Crippen molar-refractivity contribution in [2.45, 2.75) is 39.0 Å². The average Bonchev–Trinajstić information content (AvgIpc) is 2.46. The molecule has 1 amide bonds. The third kappa shape index (κ3) is 4.46. The van der Waals surface area contributed by atoms with Gasteiger partial charge in [-0.25, -0.2) is 8.42 Å². The lowest BCUT2D eigenvalue weighted by Crippen LogP contribution is -2.35. The fourth-order valence-electron chi connectivity index (χ4n) is 2.35. The van der Waals surface area contributed by atoms with E-state index in [0.717, 1.165) is 31.5 Å². The van der Waals surface area contributed by atoms with E-state index in [-0.39, 0.29) is 11.7 Å². The van der Waals surface area contributed by atoms with Gasteiger partial charge in [-0.3, -0.25) is 9.52 Å². The summed E-state index contributed by atoms with van der Waals surface area (Å²) in [5, 5.41) is 0. The van der Waals surface area contributed by atoms with Crippen LogP contribution in [0.2, 0.25) is 0 Å². The van der Waals surface area contributed by atoms with E-state index < -0.39 is 10.0 Å². The average molecular weight is 310 g/mol. The van der Waals surface area contributed by atoms with Crippen molar-refractivity contribution in [1.29, 1.82) is 0 Å². The summed E-state index contributed by atoms with van der Waals surface area (Å²) in [5.74, 6) is 0.271. The third-order valence-corrected chi connectivity index (χ3v) is 4.92. The van der Waals surface area contributed by atoms with Crippen LogP contribution in [0.5, 0.6) is 0 Å². The van der Waals surface area contributed by atoms with E-state index in [0.29, 0.717) is 18.5 Å². The third-order valence-electron chi connectivity index (χ3n) is 3.54. The van der Waals surface area contributed by atoms with E-state index >= 15 is 0 Å². The zero-order valence-corrected chi connectivity index (χ0v) is 13.2. The Morgan fingerprint density at radius 3 is 2.52 bits per heavy atom. The quantitative estimate of drug-likeness (QED) is 0.878. The molecule has 6 heteroatoms. The van der Waals surface area contributed by atoms with Gasteiger partial charge < -0.3 is 4.90 Å². The van der Waals surface area contributed by atoms with Crippen molar-refractivity contribution in [3.63, 3.8) is 0 Å². The first-order valence-corrected chi connectivity index (χ1v) is 9.08. The van der Waals surface area contributed by atoms with Crippen LogP contribution in [-0.2, 0) is 14.8 Å². The zero-order valence-electron chi connectivity index (χ0n) is 12.3. The van der Waals surface area contributed by atoms with Gasteiger partial charge in [-0.15, -0.1) is 0 Å². The van der Waals surface area contributed by atoms with Gasteiger partial charge in [0.15, 0.2) is 0 Å². The number of benzene rings is 1. The number of anilines is 2. The molecule has 5 nitrogen and oxygen atoms in total. The first-order chi connectivity index (χ1) is 10.0. The largest absolute Gasteiger partial charge is 0.312 e. The molecule has 0 radical (unpaired) electrons. The highest BCUT2D eigenvalue weighted by molar-refractivity contribution is 7.92. The van der Waals surface area contributed by atoms with Crippen molar-refractivity contribution in [2.75, 3.05) is 21.9 Å². The fourth-order valence-corrected chi connectivity index (χ4v) is 3.62. The Morgan fingerprint density at radius 2 is 1.90 bits per heavy atom. The maximum absolute atomic E-state index is 11.8. The van der Waals surface area contributed by atoms with Gasteiger partial charge >= 0.3 is 0 Å². The SMILES string of the molecule is CCCCS(=O)(=O)Nc1ccc(N2CCCCC2=O)cc1. The van der Waals surface area contributed by atoms with Crippen molar-refractivity contribution >= 4 is 27.3 Å². The number of hydrogen-bond acceptors (Lipinski definition) is 3. The molecule has 116 valence electrons. The molecule has 0 bridgehead atoms. The molecule has 1 aliphatic rings. The second-order valence-electron chi connectivity index (χ2n) is 5.32. The van der Waals surface area contributed by atoms with Crippen molar-refractivity contribution < 1.29 is 13.2 Å². The van der Waals surface area contributed by atoms with Crippen LogP contribution in [0.3, 0.4) is 0 Å². The fraction of sp³-hybridized carbons (Fsp3) is 0.533. The monoisotopic (exact) mass is 310 g/mol. The normalized spacial score (nSPS) is 16.0. The number of rotatable bonds is 6. The van der Waals surface area contributed by atoms with E-state index in [1.165, 1.54) is 0 Å². The minimum Gasteiger partial charge on any atom is -0.312 e. The molecule has 1 saturated heterocycles. The molecule has 2 rings (SSSR count). The highest BCUT2D eigenvalue weighted by atomic mass is 32.2. The molecule has 0 saturated carbocycles. The van der Waals surface area contributed by atoms with Crippen LogP contribution in [0, 0.1) is 0 Å². The maximum atomic E-state index is 11.8. The molecule has 1 N–H and O–H groups in total. The summed E-state index contributed by atoms with van der Waals surface area (Å²) in [4.78, 5) is 13.6. The lowest BCUT2D eigenvalue weighted by atomic mass is 10.1. The number of sulfonamides is 1. The van der Waals surface area contributed by atoms with Crippen molar-refractivity contribution in [3.05, 3.63) is 24.3 Å². The van der Waals surface area contributed by atoms with Gasteiger partial charge in [0.05, 0.1) is 5.75 Å². The number of carbonyl (C=O) groups excluding carboxylic acids is 1. The van der Waals surface area contributed by atoms with Gasteiger partial charge in [0.2, 0.25) is 15.9 Å². The summed E-state index contributed by atoms with van der Waals surface area (Å²) >= 11 is 0. The van der Waals surface area contributed by atoms with Gasteiger partial charge in [0.1, 0.15) is 0 Å². The van der Waals surface area contributed by atoms with Crippen molar-refractivity contribution in [1.82, 2.24) is 0 Å². The van der Waals surface area contributed by atoms with E-state index in [2.05, 4.69) is 4.72 Å². The van der Waals surface area contributed by atoms with Crippen molar-refractivity contribution in [2.24, 2.45) is 0 Å². The van der Waals surface area contributed by atoms with E-state index in [1.54, 1.807) is 29.2 Å². The second kappa shape index (κ2) is 6.93. The predicted molar refractivity (Wildman–Crippen MR) is 85.0 cm³/mol. The summed E-state index contributed by atoms with van der Waals surface area (Å²) in [6.45, 7) is 2.69. The summed E-state index contributed by atoms with van der Waals surface area (Å²) in [7, 11) is -3.28. The second-order valence-corrected chi connectivity index (χ2v) is 7.17. The van der Waals surface area contributed by atoms with E-state index in [9.17, 15) is 13.2 Å². The molecule has 1 fully saturated rings. The highest BCUT2D eigenvalue weighted by Gasteiger charge is 2.19. The van der Waals surface area contributed by atoms with Gasteiger partial charge in [-0.2, -0.15) is 0 Å². The summed E-state index contributed by atoms with van der Waals surface area (Å²) < 4.78 is 26.2. The van der Waals surface area contributed by atoms with Gasteiger partial charge in [-0.1, -0.05) is 13.3 Å². The Balaban J connectivity index is 2.03. The Kier molecular flexibility index (Phi) is 5.22. The molecule has 0 aliphatic carbocycles. The van der Waals surface area contributed by atoms with Gasteiger partial charge in [0.25, 0.3) is 0 Å². The molecule has 0 unspecified atom stereocenters. The molecule has 0 aromatic heterocycles. The maximum Gasteiger partial charge on any atom is 0.232 e. The lowest BCUT2D eigenvalue weighted by Gasteiger charge is -2.26. The Labute approximate surface area is 126 Å². The molecule has 21 heavy (non-hydrogen) atoms. The molecular weight excluding hydrogens is 288 g/mol. The predicted octanol–water partition coefficient (Wildman–Crippen LogP) is 2.75. The highest BCUT2D eigenvalue weighted by Crippen LogP contribution is 2.23. The number of piperidine rings is 1. The van der Waals surface area contributed by atoms with Crippen LogP contribution in [0.4, 0.5) is 11.4 Å². The van der Waals surface area contributed by atoms with Gasteiger partial charge in [-0.05, 0) is 43.5 Å². The summed E-state index contributed by atoms with van der Waals surface area (Å²) in [6, 6.07) is 7.00. The molecule has 1 aromatic carbocycles. The van der Waals surface area contributed by atoms with Crippen LogP contribution < -0.4 is 9.62 Å². The first-order valence-electron chi connectivity index (χ1n) is 7.43. The number of unbranched alkanes of at least 4 members (excludes halogenated alkanes) is 1. The Bertz CT molecular complexity index is 581. The molecule has 1 aromatic rings. The minimum absolute atomic E-state index is 0.135. The molecule has 0 spiro atoms. The molecule has 1 aliphatic heterocycles. The zero-order chi connectivity index (χ0) is 15.3. The minimum atomic E-state index is -3.28. The van der Waals surface area contributed by atoms with E-state index in [1.807, 2.05) is 6.92 Å². The topological polar surface area (TPSA) is 66.5 Å². The number of hydrogen-bond donors (Lipinski definition) is 1. The van der Waals surface area contributed by atoms with Crippen LogP contribution in [-0.4, -0.2) is 26.6 Å². The first kappa shape index (κ1) is 15.8. The standard InChI is InChI=1S/C15H22N2O3S/c1-2-3-12-21(19,20)16-13-7-9-14(10-8-13)17-11-5-4-6-15(17)18/h7-10,16H,2-6,11-12H2,1H3. The summed E-state index contributed by atoms with van der Waals surface area (Å²) in [6.07, 6.45) is 4.04. The molecule has 0 atom stereocenters. The number of nitrogens with one attached hydrogen (secondary N) is 1. The Hall–Kier alpha value is -1.56. The summed E-state index contributed by atoms with van der Waals surface area (Å²) in [5.41, 5.74) is 1.37.